The number of hydrogen-bond acceptors (Lipinski definition) is 4. The molecule has 2 aromatic carbocycles. The Balaban J connectivity index is 2.14. The summed E-state index contributed by atoms with van der Waals surface area (Å²) >= 11 is 0. The van der Waals surface area contributed by atoms with Gasteiger partial charge in [0.25, 0.3) is 10.0 Å². The summed E-state index contributed by atoms with van der Waals surface area (Å²) in [6.45, 7) is 2.15. The zero-order chi connectivity index (χ0) is 16.6. The van der Waals surface area contributed by atoms with Gasteiger partial charge in [0.05, 0.1) is 12.8 Å². The molecular weight excluding hydrogens is 314 g/mol. The van der Waals surface area contributed by atoms with Crippen LogP contribution in [0, 0.1) is 6.92 Å². The quantitative estimate of drug-likeness (QED) is 0.808. The summed E-state index contributed by atoms with van der Waals surface area (Å²) in [6.07, 6.45) is 1.29. The van der Waals surface area contributed by atoms with Gasteiger partial charge < -0.3 is 4.74 Å². The van der Waals surface area contributed by atoms with Crippen molar-refractivity contribution in [3.63, 3.8) is 0 Å². The lowest BCUT2D eigenvalue weighted by atomic mass is 10.1. The number of hydrogen-bond donors (Lipinski definition) is 0. The Kier molecular flexibility index (Phi) is 3.85. The number of aldehydes is 1. The minimum atomic E-state index is -3.75. The number of fused-ring (bicyclic) bond motifs is 1. The van der Waals surface area contributed by atoms with Gasteiger partial charge >= 0.3 is 0 Å². The van der Waals surface area contributed by atoms with Gasteiger partial charge in [0.1, 0.15) is 16.9 Å². The van der Waals surface area contributed by atoms with Crippen molar-refractivity contribution in [2.45, 2.75) is 18.2 Å². The molecule has 0 atom stereocenters. The van der Waals surface area contributed by atoms with Crippen LogP contribution in [0.15, 0.2) is 41.3 Å². The van der Waals surface area contributed by atoms with Crippen molar-refractivity contribution in [1.29, 1.82) is 0 Å². The van der Waals surface area contributed by atoms with Gasteiger partial charge in [-0.2, -0.15) is 0 Å². The van der Waals surface area contributed by atoms with Crippen LogP contribution in [0.4, 0.5) is 5.69 Å². The van der Waals surface area contributed by atoms with E-state index >= 15 is 0 Å². The van der Waals surface area contributed by atoms with Gasteiger partial charge in [0.2, 0.25) is 0 Å². The molecule has 23 heavy (non-hydrogen) atoms. The van der Waals surface area contributed by atoms with Gasteiger partial charge in [-0.05, 0) is 42.7 Å². The van der Waals surface area contributed by atoms with Crippen molar-refractivity contribution in [2.75, 3.05) is 18.0 Å². The zero-order valence-electron chi connectivity index (χ0n) is 12.9. The van der Waals surface area contributed by atoms with Crippen molar-refractivity contribution in [2.24, 2.45) is 0 Å². The number of sulfonamides is 1. The lowest BCUT2D eigenvalue weighted by molar-refractivity contribution is 0.112. The third-order valence-corrected chi connectivity index (χ3v) is 5.87. The molecule has 1 heterocycles. The number of ether oxygens (including phenoxy) is 1. The average molecular weight is 331 g/mol. The largest absolute Gasteiger partial charge is 0.495 e. The van der Waals surface area contributed by atoms with E-state index in [1.54, 1.807) is 36.4 Å². The van der Waals surface area contributed by atoms with Crippen molar-refractivity contribution in [1.82, 2.24) is 0 Å². The predicted molar refractivity (Wildman–Crippen MR) is 87.8 cm³/mol. The number of nitrogens with zero attached hydrogens (tertiary/aromatic N) is 1. The molecule has 0 saturated heterocycles. The fourth-order valence-electron chi connectivity index (χ4n) is 2.90. The Morgan fingerprint density at radius 3 is 2.70 bits per heavy atom. The molecule has 120 valence electrons. The van der Waals surface area contributed by atoms with Crippen LogP contribution in [0.2, 0.25) is 0 Å². The molecule has 0 N–H and O–H groups in total. The van der Waals surface area contributed by atoms with Crippen LogP contribution in [-0.4, -0.2) is 28.4 Å². The smallest absolute Gasteiger partial charge is 0.268 e. The number of anilines is 1. The molecular formula is C17H17NO4S. The summed E-state index contributed by atoms with van der Waals surface area (Å²) in [7, 11) is -2.30. The Morgan fingerprint density at radius 1 is 1.22 bits per heavy atom. The Morgan fingerprint density at radius 2 is 2.00 bits per heavy atom. The fraction of sp³-hybridized carbons (Fsp3) is 0.235. The molecule has 5 nitrogen and oxygen atoms in total. The lowest BCUT2D eigenvalue weighted by Gasteiger charge is -2.21. The summed E-state index contributed by atoms with van der Waals surface area (Å²) in [4.78, 5) is 11.3. The summed E-state index contributed by atoms with van der Waals surface area (Å²) in [5, 5.41) is 0. The number of carbonyl (C=O) groups is 1. The first-order valence-electron chi connectivity index (χ1n) is 7.23. The summed E-state index contributed by atoms with van der Waals surface area (Å²) in [5.41, 5.74) is 2.72. The molecule has 0 aliphatic carbocycles. The third kappa shape index (κ3) is 2.49. The second kappa shape index (κ2) is 5.70. The van der Waals surface area contributed by atoms with Gasteiger partial charge in [0, 0.05) is 12.1 Å². The van der Waals surface area contributed by atoms with E-state index in [1.165, 1.54) is 11.4 Å². The van der Waals surface area contributed by atoms with E-state index in [1.807, 2.05) is 6.92 Å². The Bertz CT molecular complexity index is 874. The van der Waals surface area contributed by atoms with Crippen molar-refractivity contribution in [3.05, 3.63) is 53.1 Å². The molecule has 0 radical (unpaired) electrons. The van der Waals surface area contributed by atoms with Crippen LogP contribution < -0.4 is 9.04 Å². The Hall–Kier alpha value is -2.34. The van der Waals surface area contributed by atoms with Crippen LogP contribution in [0.3, 0.4) is 0 Å². The number of carbonyl (C=O) groups excluding carboxylic acids is 1. The van der Waals surface area contributed by atoms with Gasteiger partial charge in [-0.15, -0.1) is 0 Å². The number of benzene rings is 2. The minimum Gasteiger partial charge on any atom is -0.495 e. The van der Waals surface area contributed by atoms with Crippen LogP contribution in [0.5, 0.6) is 5.75 Å². The Labute approximate surface area is 135 Å². The number of aryl methyl sites for hydroxylation is 1. The molecule has 0 spiro atoms. The van der Waals surface area contributed by atoms with Crippen molar-refractivity contribution in [3.8, 4) is 5.75 Å². The van der Waals surface area contributed by atoms with Crippen molar-refractivity contribution < 1.29 is 17.9 Å². The summed E-state index contributed by atoms with van der Waals surface area (Å²) < 4.78 is 32.7. The standard InChI is InChI=1S/C17H17NO4S/c1-12-6-7-16(22-2)17(10-12)23(20,21)18-9-8-14-13(11-19)4-3-5-15(14)18/h3-7,10-11H,8-9H2,1-2H3. The van der Waals surface area contributed by atoms with Crippen LogP contribution >= 0.6 is 0 Å². The normalized spacial score (nSPS) is 13.7. The van der Waals surface area contributed by atoms with E-state index < -0.39 is 10.0 Å². The topological polar surface area (TPSA) is 63.7 Å². The molecule has 1 aliphatic rings. The van der Waals surface area contributed by atoms with E-state index in [0.717, 1.165) is 17.4 Å². The second-order valence-corrected chi connectivity index (χ2v) is 7.27. The van der Waals surface area contributed by atoms with Gasteiger partial charge in [-0.25, -0.2) is 8.42 Å². The molecule has 0 fully saturated rings. The SMILES string of the molecule is COc1ccc(C)cc1S(=O)(=O)N1CCc2c(C=O)cccc21. The first kappa shape index (κ1) is 15.6. The van der Waals surface area contributed by atoms with Crippen LogP contribution in [-0.2, 0) is 16.4 Å². The average Bonchev–Trinajstić information content (AvgIpc) is 2.99. The van der Waals surface area contributed by atoms with E-state index in [-0.39, 0.29) is 4.90 Å². The van der Waals surface area contributed by atoms with Gasteiger partial charge in [-0.1, -0.05) is 18.2 Å². The molecule has 0 saturated carbocycles. The molecule has 0 amide bonds. The van der Waals surface area contributed by atoms with E-state index in [2.05, 4.69) is 0 Å². The maximum atomic E-state index is 13.1. The minimum absolute atomic E-state index is 0.143. The number of methoxy groups -OCH3 is 1. The van der Waals surface area contributed by atoms with Crippen molar-refractivity contribution >= 4 is 22.0 Å². The van der Waals surface area contributed by atoms with Crippen LogP contribution in [0.1, 0.15) is 21.5 Å². The lowest BCUT2D eigenvalue weighted by Crippen LogP contribution is -2.29. The molecule has 6 heteroatoms. The molecule has 0 bridgehead atoms. The highest BCUT2D eigenvalue weighted by molar-refractivity contribution is 7.93. The highest BCUT2D eigenvalue weighted by Crippen LogP contribution is 2.37. The fourth-order valence-corrected chi connectivity index (χ4v) is 4.64. The molecule has 3 rings (SSSR count). The molecule has 2 aromatic rings. The molecule has 0 aromatic heterocycles. The summed E-state index contributed by atoms with van der Waals surface area (Å²) in [5.74, 6) is 0.315. The number of rotatable bonds is 4. The van der Waals surface area contributed by atoms with E-state index in [4.69, 9.17) is 4.74 Å². The van der Waals surface area contributed by atoms with Gasteiger partial charge in [0.15, 0.2) is 0 Å². The maximum absolute atomic E-state index is 13.1. The van der Waals surface area contributed by atoms with E-state index in [9.17, 15) is 13.2 Å². The first-order chi connectivity index (χ1) is 11.0. The second-order valence-electron chi connectivity index (χ2n) is 5.44. The summed E-state index contributed by atoms with van der Waals surface area (Å²) in [6, 6.07) is 10.2. The van der Waals surface area contributed by atoms with Crippen LogP contribution in [0.25, 0.3) is 0 Å². The zero-order valence-corrected chi connectivity index (χ0v) is 13.8. The molecule has 1 aliphatic heterocycles. The monoisotopic (exact) mass is 331 g/mol. The highest BCUT2D eigenvalue weighted by atomic mass is 32.2. The maximum Gasteiger partial charge on any atom is 0.268 e. The predicted octanol–water partition coefficient (Wildman–Crippen LogP) is 2.57. The highest BCUT2D eigenvalue weighted by Gasteiger charge is 2.33. The molecule has 0 unspecified atom stereocenters. The van der Waals surface area contributed by atoms with Gasteiger partial charge in [-0.3, -0.25) is 9.10 Å². The first-order valence-corrected chi connectivity index (χ1v) is 8.67. The third-order valence-electron chi connectivity index (χ3n) is 4.04. The van der Waals surface area contributed by atoms with E-state index in [0.29, 0.717) is 30.0 Å².